The Hall–Kier alpha value is -2.44. The Morgan fingerprint density at radius 1 is 0.889 bits per heavy atom. The predicted molar refractivity (Wildman–Crippen MR) is 103 cm³/mol. The van der Waals surface area contributed by atoms with E-state index in [9.17, 15) is 15.3 Å². The Balaban J connectivity index is 2.57. The molecular formula is C21H28O6. The lowest BCUT2D eigenvalue weighted by Gasteiger charge is -2.26. The third-order valence-electron chi connectivity index (χ3n) is 4.72. The average Bonchev–Trinajstić information content (AvgIpc) is 2.67. The maximum Gasteiger partial charge on any atom is 0.164 e. The van der Waals surface area contributed by atoms with Crippen LogP contribution < -0.4 is 14.2 Å². The first kappa shape index (κ1) is 20.9. The van der Waals surface area contributed by atoms with E-state index in [0.29, 0.717) is 22.6 Å². The van der Waals surface area contributed by atoms with Crippen LogP contribution in [0.4, 0.5) is 0 Å². The van der Waals surface area contributed by atoms with Gasteiger partial charge in [0.15, 0.2) is 23.0 Å². The molecule has 0 amide bonds. The van der Waals surface area contributed by atoms with Crippen LogP contribution in [0, 0.1) is 0 Å². The summed E-state index contributed by atoms with van der Waals surface area (Å²) in [7, 11) is 4.52. The molecule has 6 heteroatoms. The van der Waals surface area contributed by atoms with Gasteiger partial charge in [0.1, 0.15) is 0 Å². The number of phenols is 1. The van der Waals surface area contributed by atoms with E-state index >= 15 is 0 Å². The zero-order valence-electron chi connectivity index (χ0n) is 16.4. The number of aliphatic hydroxyl groups excluding tert-OH is 2. The lowest BCUT2D eigenvalue weighted by molar-refractivity contribution is 0.105. The third kappa shape index (κ3) is 4.28. The molecule has 0 saturated carbocycles. The molecule has 6 nitrogen and oxygen atoms in total. The van der Waals surface area contributed by atoms with E-state index in [1.807, 2.05) is 12.1 Å². The number of rotatable bonds is 8. The summed E-state index contributed by atoms with van der Waals surface area (Å²) in [5.74, 6) is 0.841. The van der Waals surface area contributed by atoms with Crippen LogP contribution in [0.2, 0.25) is 0 Å². The number of aliphatic hydroxyl groups is 2. The molecule has 0 radical (unpaired) electrons. The molecule has 148 valence electrons. The van der Waals surface area contributed by atoms with Gasteiger partial charge in [-0.25, -0.2) is 0 Å². The molecule has 0 aliphatic heterocycles. The van der Waals surface area contributed by atoms with Crippen molar-refractivity contribution in [1.29, 1.82) is 0 Å². The van der Waals surface area contributed by atoms with Gasteiger partial charge in [-0.15, -0.1) is 0 Å². The Labute approximate surface area is 159 Å². The normalized spacial score (nSPS) is 13.3. The maximum atomic E-state index is 11.0. The molecule has 0 saturated heterocycles. The summed E-state index contributed by atoms with van der Waals surface area (Å²) < 4.78 is 16.1. The highest BCUT2D eigenvalue weighted by molar-refractivity contribution is 5.53. The van der Waals surface area contributed by atoms with E-state index in [4.69, 9.17) is 14.2 Å². The van der Waals surface area contributed by atoms with Crippen molar-refractivity contribution in [3.8, 4) is 23.0 Å². The highest BCUT2D eigenvalue weighted by Gasteiger charge is 2.28. The van der Waals surface area contributed by atoms with Crippen molar-refractivity contribution in [2.45, 2.75) is 31.8 Å². The van der Waals surface area contributed by atoms with Crippen LogP contribution in [0.25, 0.3) is 0 Å². The molecule has 2 atom stereocenters. The number of aromatic hydroxyl groups is 1. The first-order valence-electron chi connectivity index (χ1n) is 8.79. The van der Waals surface area contributed by atoms with Gasteiger partial charge in [0, 0.05) is 11.5 Å². The van der Waals surface area contributed by atoms with Crippen molar-refractivity contribution in [1.82, 2.24) is 0 Å². The fourth-order valence-corrected chi connectivity index (χ4v) is 3.10. The minimum atomic E-state index is -1.04. The van der Waals surface area contributed by atoms with Gasteiger partial charge in [0.25, 0.3) is 0 Å². The average molecular weight is 376 g/mol. The van der Waals surface area contributed by atoms with E-state index in [0.717, 1.165) is 5.56 Å². The van der Waals surface area contributed by atoms with Crippen molar-refractivity contribution in [3.63, 3.8) is 0 Å². The SMILES string of the molecule is COc1cc(C(O)C(CO)c2cc(C(C)C)cc(OC)c2OC)ccc1O. The van der Waals surface area contributed by atoms with Crippen LogP contribution in [0.5, 0.6) is 23.0 Å². The van der Waals surface area contributed by atoms with Crippen molar-refractivity contribution in [2.24, 2.45) is 0 Å². The predicted octanol–water partition coefficient (Wildman–Crippen LogP) is 3.35. The van der Waals surface area contributed by atoms with Crippen molar-refractivity contribution < 1.29 is 29.5 Å². The topological polar surface area (TPSA) is 88.4 Å². The smallest absolute Gasteiger partial charge is 0.164 e. The fourth-order valence-electron chi connectivity index (χ4n) is 3.10. The number of benzene rings is 2. The zero-order valence-corrected chi connectivity index (χ0v) is 16.4. The van der Waals surface area contributed by atoms with E-state index in [-0.39, 0.29) is 24.0 Å². The standard InChI is InChI=1S/C21H28O6/c1-12(2)14-8-15(21(27-5)19(10-14)26-4)16(11-22)20(24)13-6-7-17(23)18(9-13)25-3/h6-10,12,16,20,22-24H,11H2,1-5H3. The molecule has 2 aromatic rings. The number of phenolic OH excluding ortho intramolecular Hbond substituents is 1. The molecule has 0 aromatic heterocycles. The van der Waals surface area contributed by atoms with Gasteiger partial charge < -0.3 is 29.5 Å². The first-order valence-corrected chi connectivity index (χ1v) is 8.79. The molecule has 2 aromatic carbocycles. The monoisotopic (exact) mass is 376 g/mol. The summed E-state index contributed by atoms with van der Waals surface area (Å²) in [4.78, 5) is 0. The molecular weight excluding hydrogens is 348 g/mol. The lowest BCUT2D eigenvalue weighted by Crippen LogP contribution is -2.17. The van der Waals surface area contributed by atoms with Crippen LogP contribution in [-0.2, 0) is 0 Å². The second-order valence-corrected chi connectivity index (χ2v) is 6.67. The molecule has 2 unspecified atom stereocenters. The summed E-state index contributed by atoms with van der Waals surface area (Å²) in [6, 6.07) is 8.43. The Bertz CT molecular complexity index is 772. The molecule has 0 fully saturated rings. The van der Waals surface area contributed by atoms with Crippen molar-refractivity contribution in [2.75, 3.05) is 27.9 Å². The molecule has 2 rings (SSSR count). The number of ether oxygens (including phenoxy) is 3. The van der Waals surface area contributed by atoms with Crippen LogP contribution in [0.15, 0.2) is 30.3 Å². The minimum absolute atomic E-state index is 0.0185. The van der Waals surface area contributed by atoms with Gasteiger partial charge in [-0.05, 0) is 35.2 Å². The van der Waals surface area contributed by atoms with Crippen LogP contribution in [0.1, 0.15) is 48.5 Å². The second kappa shape index (κ2) is 8.97. The van der Waals surface area contributed by atoms with Crippen molar-refractivity contribution in [3.05, 3.63) is 47.0 Å². The summed E-state index contributed by atoms with van der Waals surface area (Å²) in [5.41, 5.74) is 2.18. The van der Waals surface area contributed by atoms with Gasteiger partial charge in [0.2, 0.25) is 0 Å². The molecule has 3 N–H and O–H groups in total. The van der Waals surface area contributed by atoms with Crippen LogP contribution >= 0.6 is 0 Å². The van der Waals surface area contributed by atoms with E-state index in [2.05, 4.69) is 13.8 Å². The van der Waals surface area contributed by atoms with Gasteiger partial charge in [-0.1, -0.05) is 26.0 Å². The molecule has 0 aliphatic carbocycles. The summed E-state index contributed by atoms with van der Waals surface area (Å²) >= 11 is 0. The van der Waals surface area contributed by atoms with Crippen LogP contribution in [0.3, 0.4) is 0 Å². The summed E-state index contributed by atoms with van der Waals surface area (Å²) in [6.07, 6.45) is -1.04. The van der Waals surface area contributed by atoms with Gasteiger partial charge in [-0.2, -0.15) is 0 Å². The third-order valence-corrected chi connectivity index (χ3v) is 4.72. The summed E-state index contributed by atoms with van der Waals surface area (Å²) in [5, 5.41) is 30.8. The fraction of sp³-hybridized carbons (Fsp3) is 0.429. The van der Waals surface area contributed by atoms with E-state index < -0.39 is 12.0 Å². The Kier molecular flexibility index (Phi) is 6.93. The largest absolute Gasteiger partial charge is 0.504 e. The molecule has 0 bridgehead atoms. The summed E-state index contributed by atoms with van der Waals surface area (Å²) in [6.45, 7) is 3.81. The minimum Gasteiger partial charge on any atom is -0.504 e. The van der Waals surface area contributed by atoms with Gasteiger partial charge in [-0.3, -0.25) is 0 Å². The van der Waals surface area contributed by atoms with Gasteiger partial charge >= 0.3 is 0 Å². The first-order chi connectivity index (χ1) is 12.9. The van der Waals surface area contributed by atoms with Crippen LogP contribution in [-0.4, -0.2) is 43.3 Å². The highest BCUT2D eigenvalue weighted by Crippen LogP contribution is 2.43. The Morgan fingerprint density at radius 3 is 2.04 bits per heavy atom. The molecule has 0 heterocycles. The Morgan fingerprint density at radius 2 is 1.52 bits per heavy atom. The highest BCUT2D eigenvalue weighted by atomic mass is 16.5. The molecule has 0 spiro atoms. The number of hydrogen-bond donors (Lipinski definition) is 3. The van der Waals surface area contributed by atoms with E-state index in [1.165, 1.54) is 20.3 Å². The van der Waals surface area contributed by atoms with E-state index in [1.54, 1.807) is 19.2 Å². The maximum absolute atomic E-state index is 11.0. The zero-order chi connectivity index (χ0) is 20.1. The second-order valence-electron chi connectivity index (χ2n) is 6.67. The van der Waals surface area contributed by atoms with Crippen molar-refractivity contribution >= 4 is 0 Å². The van der Waals surface area contributed by atoms with Gasteiger partial charge in [0.05, 0.1) is 34.0 Å². The molecule has 0 aliphatic rings. The molecule has 27 heavy (non-hydrogen) atoms. The quantitative estimate of drug-likeness (QED) is 0.655. The number of methoxy groups -OCH3 is 3. The lowest BCUT2D eigenvalue weighted by atomic mass is 9.86. The number of hydrogen-bond acceptors (Lipinski definition) is 6.